The molecule has 1 N–H and O–H groups in total. The average Bonchev–Trinajstić information content (AvgIpc) is 2.56. The summed E-state index contributed by atoms with van der Waals surface area (Å²) in [5, 5.41) is 2.92. The molecule has 1 amide bonds. The number of anilines is 1. The zero-order valence-corrected chi connectivity index (χ0v) is 13.7. The van der Waals surface area contributed by atoms with E-state index in [1.54, 1.807) is 24.3 Å². The van der Waals surface area contributed by atoms with Crippen LogP contribution in [0.3, 0.4) is 0 Å². The molecule has 0 saturated carbocycles. The van der Waals surface area contributed by atoms with Gasteiger partial charge in [0.25, 0.3) is 5.91 Å². The fourth-order valence-corrected chi connectivity index (χ4v) is 2.02. The molecule has 5 nitrogen and oxygen atoms in total. The Bertz CT molecular complexity index is 755. The number of hydrogen-bond donors (Lipinski definition) is 1. The van der Waals surface area contributed by atoms with Crippen LogP contribution in [0.1, 0.15) is 0 Å². The van der Waals surface area contributed by atoms with Gasteiger partial charge >= 0.3 is 5.97 Å². The van der Waals surface area contributed by atoms with E-state index >= 15 is 0 Å². The summed E-state index contributed by atoms with van der Waals surface area (Å²) in [4.78, 5) is 23.2. The van der Waals surface area contributed by atoms with Crippen molar-refractivity contribution in [2.45, 2.75) is 0 Å². The molecule has 0 heterocycles. The van der Waals surface area contributed by atoms with Gasteiger partial charge in [-0.25, -0.2) is 9.18 Å². The summed E-state index contributed by atoms with van der Waals surface area (Å²) < 4.78 is 23.0. The molecule has 2 aromatic rings. The third-order valence-corrected chi connectivity index (χ3v) is 3.59. The second-order valence-corrected chi connectivity index (χ2v) is 5.31. The van der Waals surface area contributed by atoms with E-state index in [4.69, 9.17) is 32.7 Å². The maximum absolute atomic E-state index is 13.3. The number of nitrogens with one attached hydrogen (secondary N) is 1. The third-order valence-electron chi connectivity index (χ3n) is 2.77. The van der Waals surface area contributed by atoms with Gasteiger partial charge in [-0.2, -0.15) is 0 Å². The van der Waals surface area contributed by atoms with Gasteiger partial charge in [-0.3, -0.25) is 4.79 Å². The average molecular weight is 372 g/mol. The Morgan fingerprint density at radius 3 is 2.54 bits per heavy atom. The minimum Gasteiger partial charge on any atom is -0.479 e. The van der Waals surface area contributed by atoms with E-state index in [9.17, 15) is 14.0 Å². The lowest BCUT2D eigenvalue weighted by molar-refractivity contribution is -0.149. The van der Waals surface area contributed by atoms with Crippen LogP contribution in [0, 0.1) is 5.82 Å². The summed E-state index contributed by atoms with van der Waals surface area (Å²) >= 11 is 11.7. The van der Waals surface area contributed by atoms with Gasteiger partial charge in [0.2, 0.25) is 0 Å². The highest BCUT2D eigenvalue weighted by Crippen LogP contribution is 2.29. The van der Waals surface area contributed by atoms with Crippen LogP contribution in [0.15, 0.2) is 42.5 Å². The molecule has 126 valence electrons. The first-order chi connectivity index (χ1) is 11.5. The van der Waals surface area contributed by atoms with Gasteiger partial charge in [0.1, 0.15) is 0 Å². The van der Waals surface area contributed by atoms with E-state index in [0.29, 0.717) is 5.69 Å². The van der Waals surface area contributed by atoms with E-state index in [1.165, 1.54) is 18.2 Å². The SMILES string of the molecule is O=C(COC(=O)COc1ccccc1F)Nc1cccc(Cl)c1Cl. The molecule has 2 rings (SSSR count). The molecule has 24 heavy (non-hydrogen) atoms. The molecule has 0 aromatic heterocycles. The molecule has 0 atom stereocenters. The van der Waals surface area contributed by atoms with E-state index in [2.05, 4.69) is 5.32 Å². The Balaban J connectivity index is 1.78. The number of para-hydroxylation sites is 1. The summed E-state index contributed by atoms with van der Waals surface area (Å²) in [6.45, 7) is -1.06. The molecule has 0 saturated heterocycles. The molecule has 0 spiro atoms. The lowest BCUT2D eigenvalue weighted by atomic mass is 10.3. The number of benzene rings is 2. The van der Waals surface area contributed by atoms with Gasteiger partial charge in [-0.05, 0) is 24.3 Å². The van der Waals surface area contributed by atoms with Crippen molar-refractivity contribution in [1.82, 2.24) is 0 Å². The lowest BCUT2D eigenvalue weighted by Gasteiger charge is -2.09. The number of carbonyl (C=O) groups excluding carboxylic acids is 2. The van der Waals surface area contributed by atoms with Gasteiger partial charge in [0.05, 0.1) is 15.7 Å². The maximum Gasteiger partial charge on any atom is 0.344 e. The monoisotopic (exact) mass is 371 g/mol. The van der Waals surface area contributed by atoms with Crippen LogP contribution in [0.2, 0.25) is 10.0 Å². The van der Waals surface area contributed by atoms with Gasteiger partial charge in [0.15, 0.2) is 24.8 Å². The number of amides is 1. The molecule has 0 fully saturated rings. The lowest BCUT2D eigenvalue weighted by Crippen LogP contribution is -2.23. The van der Waals surface area contributed by atoms with Crippen molar-refractivity contribution in [1.29, 1.82) is 0 Å². The van der Waals surface area contributed by atoms with Crippen molar-refractivity contribution in [2.24, 2.45) is 0 Å². The standard InChI is InChI=1S/C16H12Cl2FNO4/c17-10-4-3-6-12(16(10)18)20-14(21)8-24-15(22)9-23-13-7-2-1-5-11(13)19/h1-7H,8-9H2,(H,20,21). The number of ether oxygens (including phenoxy) is 2. The molecule has 0 aliphatic carbocycles. The fourth-order valence-electron chi connectivity index (χ4n) is 1.67. The largest absolute Gasteiger partial charge is 0.479 e. The predicted octanol–water partition coefficient (Wildman–Crippen LogP) is 3.69. The fraction of sp³-hybridized carbons (Fsp3) is 0.125. The molecular formula is C16H12Cl2FNO4. The first-order valence-corrected chi connectivity index (χ1v) is 7.50. The van der Waals surface area contributed by atoms with Gasteiger partial charge < -0.3 is 14.8 Å². The predicted molar refractivity (Wildman–Crippen MR) is 87.9 cm³/mol. The second kappa shape index (κ2) is 8.52. The topological polar surface area (TPSA) is 64.6 Å². The van der Waals surface area contributed by atoms with Crippen LogP contribution in [0.5, 0.6) is 5.75 Å². The van der Waals surface area contributed by atoms with Crippen LogP contribution in [0.4, 0.5) is 10.1 Å². The van der Waals surface area contributed by atoms with Crippen LogP contribution in [0.25, 0.3) is 0 Å². The van der Waals surface area contributed by atoms with Crippen molar-refractivity contribution >= 4 is 40.8 Å². The number of rotatable bonds is 6. The molecular weight excluding hydrogens is 360 g/mol. The van der Waals surface area contributed by atoms with E-state index < -0.39 is 30.9 Å². The molecule has 8 heteroatoms. The van der Waals surface area contributed by atoms with Gasteiger partial charge in [0, 0.05) is 0 Å². The summed E-state index contributed by atoms with van der Waals surface area (Å²) in [6.07, 6.45) is 0. The second-order valence-electron chi connectivity index (χ2n) is 4.53. The van der Waals surface area contributed by atoms with Crippen LogP contribution in [-0.4, -0.2) is 25.1 Å². The molecule has 0 unspecified atom stereocenters. The molecule has 0 aliphatic rings. The highest BCUT2D eigenvalue weighted by Gasteiger charge is 2.12. The number of halogens is 3. The van der Waals surface area contributed by atoms with Gasteiger partial charge in [-0.1, -0.05) is 41.4 Å². The number of hydrogen-bond acceptors (Lipinski definition) is 4. The summed E-state index contributed by atoms with van der Waals surface area (Å²) in [5.41, 5.74) is 0.299. The quantitative estimate of drug-likeness (QED) is 0.786. The Morgan fingerprint density at radius 2 is 1.79 bits per heavy atom. The number of esters is 1. The molecule has 0 bridgehead atoms. The maximum atomic E-state index is 13.3. The minimum atomic E-state index is -0.814. The van der Waals surface area contributed by atoms with Crippen molar-refractivity contribution in [3.8, 4) is 5.75 Å². The van der Waals surface area contributed by atoms with Crippen LogP contribution in [-0.2, 0) is 14.3 Å². The van der Waals surface area contributed by atoms with E-state index in [0.717, 1.165) is 0 Å². The highest BCUT2D eigenvalue weighted by atomic mass is 35.5. The number of carbonyl (C=O) groups is 2. The molecule has 0 radical (unpaired) electrons. The summed E-state index contributed by atoms with van der Waals surface area (Å²) in [6, 6.07) is 10.4. The van der Waals surface area contributed by atoms with Crippen molar-refractivity contribution < 1.29 is 23.5 Å². The first-order valence-electron chi connectivity index (χ1n) is 6.74. The zero-order valence-electron chi connectivity index (χ0n) is 12.2. The van der Waals surface area contributed by atoms with Crippen LogP contribution < -0.4 is 10.1 Å². The van der Waals surface area contributed by atoms with Crippen molar-refractivity contribution in [3.63, 3.8) is 0 Å². The summed E-state index contributed by atoms with van der Waals surface area (Å²) in [7, 11) is 0. The minimum absolute atomic E-state index is 0.0791. The normalized spacial score (nSPS) is 10.1. The Labute approximate surface area is 147 Å². The molecule has 2 aromatic carbocycles. The first kappa shape index (κ1) is 18.0. The molecule has 0 aliphatic heterocycles. The van der Waals surface area contributed by atoms with Gasteiger partial charge in [-0.15, -0.1) is 0 Å². The van der Waals surface area contributed by atoms with Crippen LogP contribution >= 0.6 is 23.2 Å². The van der Waals surface area contributed by atoms with E-state index in [1.807, 2.05) is 0 Å². The Morgan fingerprint density at radius 1 is 1.04 bits per heavy atom. The zero-order chi connectivity index (χ0) is 17.5. The Hall–Kier alpha value is -2.31. The van der Waals surface area contributed by atoms with Crippen molar-refractivity contribution in [2.75, 3.05) is 18.5 Å². The smallest absolute Gasteiger partial charge is 0.344 e. The van der Waals surface area contributed by atoms with Crippen molar-refractivity contribution in [3.05, 3.63) is 58.3 Å². The summed E-state index contributed by atoms with van der Waals surface area (Å²) in [5.74, 6) is -2.09. The van der Waals surface area contributed by atoms with E-state index in [-0.39, 0.29) is 15.8 Å². The Kier molecular flexibility index (Phi) is 6.40. The highest BCUT2D eigenvalue weighted by molar-refractivity contribution is 6.43. The third kappa shape index (κ3) is 5.11.